The van der Waals surface area contributed by atoms with Crippen molar-refractivity contribution in [2.75, 3.05) is 13.6 Å². The fraction of sp³-hybridized carbons (Fsp3) is 0.368. The number of benzene rings is 1. The van der Waals surface area contributed by atoms with Crippen LogP contribution in [0.5, 0.6) is 0 Å². The number of nitrogens with two attached hydrogens (primary N) is 1. The van der Waals surface area contributed by atoms with Gasteiger partial charge in [-0.15, -0.1) is 0 Å². The smallest absolute Gasteiger partial charge is 0.251 e. The summed E-state index contributed by atoms with van der Waals surface area (Å²) >= 11 is 12.9. The Balaban J connectivity index is 2.28. The number of hydrogen-bond acceptors (Lipinski definition) is 4. The summed E-state index contributed by atoms with van der Waals surface area (Å²) in [6, 6.07) is 1.75. The van der Waals surface area contributed by atoms with Crippen molar-refractivity contribution in [3.63, 3.8) is 0 Å². The monoisotopic (exact) mass is 408 g/mol. The standard InChI is InChI=1S/C19H22Cl2N4O2/c1-10(26)19(27)25-7-5-15-12(9-25)16-11(14(22)4-6-23-2)8-13(20)17(21)18(16)24(15)3/h4,6,8,10,26H,5,7,9,22H2,1-3H3/t10-/m1/s1. The molecule has 6 nitrogen and oxygen atoms in total. The Morgan fingerprint density at radius 2 is 2.15 bits per heavy atom. The molecule has 0 bridgehead atoms. The number of fused-ring (bicyclic) bond motifs is 3. The number of hydrogen-bond donors (Lipinski definition) is 2. The van der Waals surface area contributed by atoms with Gasteiger partial charge in [0.15, 0.2) is 0 Å². The van der Waals surface area contributed by atoms with Crippen LogP contribution in [0.25, 0.3) is 16.6 Å². The van der Waals surface area contributed by atoms with E-state index in [2.05, 4.69) is 4.99 Å². The maximum atomic E-state index is 12.3. The van der Waals surface area contributed by atoms with E-state index in [1.807, 2.05) is 11.6 Å². The van der Waals surface area contributed by atoms with Crippen LogP contribution in [0.4, 0.5) is 0 Å². The summed E-state index contributed by atoms with van der Waals surface area (Å²) in [5.41, 5.74) is 10.4. The maximum absolute atomic E-state index is 12.3. The first kappa shape index (κ1) is 19.7. The van der Waals surface area contributed by atoms with Gasteiger partial charge in [-0.2, -0.15) is 0 Å². The first-order chi connectivity index (χ1) is 12.8. The minimum absolute atomic E-state index is 0.291. The van der Waals surface area contributed by atoms with Gasteiger partial charge in [-0.3, -0.25) is 9.79 Å². The van der Waals surface area contributed by atoms with Crippen LogP contribution in [0.1, 0.15) is 23.7 Å². The molecule has 0 unspecified atom stereocenters. The predicted molar refractivity (Wildman–Crippen MR) is 110 cm³/mol. The molecule has 3 rings (SSSR count). The van der Waals surface area contributed by atoms with Gasteiger partial charge >= 0.3 is 0 Å². The van der Waals surface area contributed by atoms with E-state index in [-0.39, 0.29) is 5.91 Å². The zero-order chi connectivity index (χ0) is 19.9. The zero-order valence-corrected chi connectivity index (χ0v) is 17.0. The third-order valence-corrected chi connectivity index (χ3v) is 5.71. The van der Waals surface area contributed by atoms with E-state index in [0.29, 0.717) is 35.3 Å². The highest BCUT2D eigenvalue weighted by atomic mass is 35.5. The predicted octanol–water partition coefficient (Wildman–Crippen LogP) is 2.75. The third kappa shape index (κ3) is 3.33. The minimum atomic E-state index is -1.04. The molecule has 144 valence electrons. The minimum Gasteiger partial charge on any atom is -0.398 e. The molecule has 2 heterocycles. The topological polar surface area (TPSA) is 83.8 Å². The number of aliphatic imine (C=N–C) groups is 1. The summed E-state index contributed by atoms with van der Waals surface area (Å²) in [5.74, 6) is -0.291. The molecule has 8 heteroatoms. The van der Waals surface area contributed by atoms with Crippen LogP contribution < -0.4 is 5.73 Å². The Kier molecular flexibility index (Phi) is 5.51. The second kappa shape index (κ2) is 7.54. The van der Waals surface area contributed by atoms with E-state index in [4.69, 9.17) is 28.9 Å². The van der Waals surface area contributed by atoms with Gasteiger partial charge in [0.2, 0.25) is 0 Å². The van der Waals surface area contributed by atoms with E-state index in [9.17, 15) is 9.90 Å². The van der Waals surface area contributed by atoms with Crippen molar-refractivity contribution in [2.24, 2.45) is 17.8 Å². The molecule has 27 heavy (non-hydrogen) atoms. The molecule has 1 aliphatic heterocycles. The summed E-state index contributed by atoms with van der Waals surface area (Å²) in [7, 11) is 3.60. The second-order valence-corrected chi connectivity index (χ2v) is 7.43. The Hall–Kier alpha value is -2.02. The van der Waals surface area contributed by atoms with Crippen LogP contribution in [0.15, 0.2) is 17.1 Å². The van der Waals surface area contributed by atoms with Crippen molar-refractivity contribution in [2.45, 2.75) is 26.0 Å². The number of amides is 1. The van der Waals surface area contributed by atoms with Crippen molar-refractivity contribution in [1.29, 1.82) is 0 Å². The van der Waals surface area contributed by atoms with Gasteiger partial charge in [0.05, 0.1) is 15.6 Å². The average molecular weight is 409 g/mol. The average Bonchev–Trinajstić information content (AvgIpc) is 2.94. The van der Waals surface area contributed by atoms with Crippen LogP contribution in [0.3, 0.4) is 0 Å². The molecule has 0 radical (unpaired) electrons. The number of allylic oxidation sites excluding steroid dienone is 1. The molecule has 2 aromatic rings. The molecule has 0 aliphatic carbocycles. The molecular weight excluding hydrogens is 387 g/mol. The zero-order valence-electron chi connectivity index (χ0n) is 15.5. The number of aromatic nitrogens is 1. The van der Waals surface area contributed by atoms with Gasteiger partial charge in [0.25, 0.3) is 5.91 Å². The summed E-state index contributed by atoms with van der Waals surface area (Å²) in [6.45, 7) is 2.40. The van der Waals surface area contributed by atoms with E-state index >= 15 is 0 Å². The van der Waals surface area contributed by atoms with Crippen LogP contribution in [0.2, 0.25) is 10.0 Å². The van der Waals surface area contributed by atoms with Crippen molar-refractivity contribution in [3.8, 4) is 0 Å². The number of carbonyl (C=O) groups is 1. The van der Waals surface area contributed by atoms with Crippen molar-refractivity contribution in [3.05, 3.63) is 39.0 Å². The molecule has 1 amide bonds. The fourth-order valence-corrected chi connectivity index (χ4v) is 4.11. The van der Waals surface area contributed by atoms with E-state index in [1.54, 1.807) is 30.3 Å². The first-order valence-electron chi connectivity index (χ1n) is 8.61. The normalized spacial score (nSPS) is 16.2. The van der Waals surface area contributed by atoms with Crippen LogP contribution in [-0.4, -0.2) is 46.4 Å². The van der Waals surface area contributed by atoms with E-state index in [1.165, 1.54) is 6.92 Å². The lowest BCUT2D eigenvalue weighted by atomic mass is 9.98. The largest absolute Gasteiger partial charge is 0.398 e. The van der Waals surface area contributed by atoms with Crippen LogP contribution >= 0.6 is 23.2 Å². The second-order valence-electron chi connectivity index (χ2n) is 6.64. The van der Waals surface area contributed by atoms with Gasteiger partial charge in [0, 0.05) is 67.7 Å². The van der Waals surface area contributed by atoms with Crippen LogP contribution in [-0.2, 0) is 24.8 Å². The van der Waals surface area contributed by atoms with Crippen molar-refractivity contribution in [1.82, 2.24) is 9.47 Å². The van der Waals surface area contributed by atoms with Crippen molar-refractivity contribution < 1.29 is 9.90 Å². The molecule has 1 aromatic carbocycles. The van der Waals surface area contributed by atoms with Gasteiger partial charge in [-0.25, -0.2) is 0 Å². The number of aliphatic hydroxyl groups is 1. The molecule has 1 aromatic heterocycles. The number of aliphatic hydroxyl groups excluding tert-OH is 1. The van der Waals surface area contributed by atoms with E-state index < -0.39 is 6.10 Å². The van der Waals surface area contributed by atoms with Gasteiger partial charge < -0.3 is 20.3 Å². The number of aryl methyl sites for hydroxylation is 1. The summed E-state index contributed by atoms with van der Waals surface area (Å²) in [5, 5.41) is 11.4. The number of nitrogens with zero attached hydrogens (tertiary/aromatic N) is 3. The number of rotatable bonds is 3. The molecule has 1 atom stereocenters. The quantitative estimate of drug-likeness (QED) is 0.765. The van der Waals surface area contributed by atoms with Gasteiger partial charge in [-0.05, 0) is 19.1 Å². The molecule has 1 aliphatic rings. The first-order valence-corrected chi connectivity index (χ1v) is 9.36. The number of carbonyl (C=O) groups excluding carboxylic acids is 1. The third-order valence-electron chi connectivity index (χ3n) is 4.94. The van der Waals surface area contributed by atoms with Gasteiger partial charge in [-0.1, -0.05) is 23.2 Å². The Morgan fingerprint density at radius 3 is 2.78 bits per heavy atom. The lowest BCUT2D eigenvalue weighted by molar-refractivity contribution is -0.140. The van der Waals surface area contributed by atoms with Crippen molar-refractivity contribution >= 4 is 51.9 Å². The lowest BCUT2D eigenvalue weighted by Crippen LogP contribution is -2.41. The molecule has 0 saturated carbocycles. The lowest BCUT2D eigenvalue weighted by Gasteiger charge is -2.29. The number of halogens is 2. The Bertz CT molecular complexity index is 976. The highest BCUT2D eigenvalue weighted by Gasteiger charge is 2.30. The van der Waals surface area contributed by atoms with Crippen LogP contribution in [0, 0.1) is 0 Å². The van der Waals surface area contributed by atoms with E-state index in [0.717, 1.165) is 27.7 Å². The fourth-order valence-electron chi connectivity index (χ4n) is 3.64. The molecule has 0 spiro atoms. The Labute approximate surface area is 167 Å². The summed E-state index contributed by atoms with van der Waals surface area (Å²) in [4.78, 5) is 17.9. The van der Waals surface area contributed by atoms with Gasteiger partial charge in [0.1, 0.15) is 6.10 Å². The summed E-state index contributed by atoms with van der Waals surface area (Å²) in [6.07, 6.45) is 2.94. The maximum Gasteiger partial charge on any atom is 0.251 e. The molecule has 0 saturated heterocycles. The Morgan fingerprint density at radius 1 is 1.44 bits per heavy atom. The molecular formula is C19H22Cl2N4O2. The highest BCUT2D eigenvalue weighted by Crippen LogP contribution is 2.41. The molecule has 0 fully saturated rings. The molecule has 3 N–H and O–H groups in total. The highest BCUT2D eigenvalue weighted by molar-refractivity contribution is 6.45. The SMILES string of the molecule is CN=CC=C(N)c1cc(Cl)c(Cl)c2c1c1c(n2C)CCN(C(=O)[C@@H](C)O)C1. The summed E-state index contributed by atoms with van der Waals surface area (Å²) < 4.78 is 2.02.